The van der Waals surface area contributed by atoms with Crippen molar-refractivity contribution < 1.29 is 4.79 Å². The zero-order valence-electron chi connectivity index (χ0n) is 6.65. The molecule has 2 rings (SSSR count). The molecule has 2 nitrogen and oxygen atoms in total. The lowest BCUT2D eigenvalue weighted by Gasteiger charge is -1.93. The van der Waals surface area contributed by atoms with Gasteiger partial charge in [0.15, 0.2) is 6.29 Å². The van der Waals surface area contributed by atoms with Crippen LogP contribution in [0.15, 0.2) is 22.4 Å². The molecule has 0 aliphatic carbocycles. The number of benzene rings is 1. The van der Waals surface area contributed by atoms with Crippen molar-refractivity contribution in [3.63, 3.8) is 0 Å². The van der Waals surface area contributed by atoms with Crippen molar-refractivity contribution in [2.75, 3.05) is 5.73 Å². The maximum atomic E-state index is 10.7. The second-order valence-corrected chi connectivity index (χ2v) is 4.43. The zero-order chi connectivity index (χ0) is 9.42. The molecule has 66 valence electrons. The van der Waals surface area contributed by atoms with Crippen LogP contribution in [-0.2, 0) is 0 Å². The fourth-order valence-electron chi connectivity index (χ4n) is 1.26. The van der Waals surface area contributed by atoms with Gasteiger partial charge in [0.1, 0.15) is 0 Å². The Bertz CT molecular complexity index is 476. The number of hydrogen-bond acceptors (Lipinski definition) is 4. The van der Waals surface area contributed by atoms with Crippen molar-refractivity contribution in [2.45, 2.75) is 4.21 Å². The van der Waals surface area contributed by atoms with Crippen LogP contribution in [0, 0.1) is 0 Å². The molecule has 4 heteroatoms. The first-order valence-electron chi connectivity index (χ1n) is 3.69. The van der Waals surface area contributed by atoms with E-state index in [0.717, 1.165) is 20.6 Å². The average molecular weight is 209 g/mol. The first kappa shape index (κ1) is 8.59. The van der Waals surface area contributed by atoms with Crippen LogP contribution in [0.5, 0.6) is 0 Å². The standard InChI is InChI=1S/C9H7NOS2/c10-7-3-1-2-5-6(4-11)9(12)13-8(5)7/h1-4,12H,10H2. The molecule has 2 aromatic rings. The van der Waals surface area contributed by atoms with Gasteiger partial charge in [-0.3, -0.25) is 4.79 Å². The Morgan fingerprint density at radius 2 is 2.23 bits per heavy atom. The van der Waals surface area contributed by atoms with Crippen molar-refractivity contribution >= 4 is 46.0 Å². The van der Waals surface area contributed by atoms with E-state index in [4.69, 9.17) is 5.73 Å². The molecular weight excluding hydrogens is 202 g/mol. The minimum Gasteiger partial charge on any atom is -0.398 e. The van der Waals surface area contributed by atoms with E-state index in [-0.39, 0.29) is 0 Å². The molecule has 13 heavy (non-hydrogen) atoms. The van der Waals surface area contributed by atoms with E-state index in [1.54, 1.807) is 0 Å². The summed E-state index contributed by atoms with van der Waals surface area (Å²) in [5.41, 5.74) is 7.09. The number of anilines is 1. The van der Waals surface area contributed by atoms with Crippen LogP contribution in [0.1, 0.15) is 10.4 Å². The normalized spacial score (nSPS) is 10.5. The van der Waals surface area contributed by atoms with E-state index in [1.165, 1.54) is 11.3 Å². The number of rotatable bonds is 1. The molecule has 0 fully saturated rings. The highest BCUT2D eigenvalue weighted by Crippen LogP contribution is 2.35. The minimum absolute atomic E-state index is 0.635. The van der Waals surface area contributed by atoms with Gasteiger partial charge in [0, 0.05) is 16.6 Å². The molecule has 0 radical (unpaired) electrons. The van der Waals surface area contributed by atoms with E-state index >= 15 is 0 Å². The molecule has 1 aromatic heterocycles. The molecule has 0 saturated heterocycles. The Kier molecular flexibility index (Phi) is 2.01. The third-order valence-electron chi connectivity index (χ3n) is 1.88. The van der Waals surface area contributed by atoms with Crippen molar-refractivity contribution in [3.05, 3.63) is 23.8 Å². The van der Waals surface area contributed by atoms with Crippen molar-refractivity contribution in [1.82, 2.24) is 0 Å². The summed E-state index contributed by atoms with van der Waals surface area (Å²) in [6, 6.07) is 5.54. The van der Waals surface area contributed by atoms with Crippen LogP contribution >= 0.6 is 24.0 Å². The van der Waals surface area contributed by atoms with Crippen molar-refractivity contribution in [1.29, 1.82) is 0 Å². The van der Waals surface area contributed by atoms with Crippen LogP contribution in [0.3, 0.4) is 0 Å². The van der Waals surface area contributed by atoms with Gasteiger partial charge >= 0.3 is 0 Å². The van der Waals surface area contributed by atoms with E-state index < -0.39 is 0 Å². The average Bonchev–Trinajstić information content (AvgIpc) is 2.43. The van der Waals surface area contributed by atoms with Gasteiger partial charge in [-0.1, -0.05) is 12.1 Å². The fourth-order valence-corrected chi connectivity index (χ4v) is 2.64. The lowest BCUT2D eigenvalue weighted by molar-refractivity contribution is 0.112. The number of carbonyl (C=O) groups is 1. The predicted octanol–water partition coefficient (Wildman–Crippen LogP) is 2.58. The summed E-state index contributed by atoms with van der Waals surface area (Å²) in [7, 11) is 0. The summed E-state index contributed by atoms with van der Waals surface area (Å²) in [5.74, 6) is 0. The molecule has 2 N–H and O–H groups in total. The largest absolute Gasteiger partial charge is 0.398 e. The summed E-state index contributed by atoms with van der Waals surface area (Å²) in [4.78, 5) is 10.7. The van der Waals surface area contributed by atoms with Crippen LogP contribution in [0.4, 0.5) is 5.69 Å². The van der Waals surface area contributed by atoms with Gasteiger partial charge in [0.2, 0.25) is 0 Å². The molecule has 0 unspecified atom stereocenters. The van der Waals surface area contributed by atoms with Gasteiger partial charge in [0.05, 0.1) is 8.91 Å². The van der Waals surface area contributed by atoms with Crippen LogP contribution < -0.4 is 5.73 Å². The molecule has 0 saturated carbocycles. The summed E-state index contributed by atoms with van der Waals surface area (Å²) in [5, 5.41) is 0.894. The maximum Gasteiger partial charge on any atom is 0.152 e. The van der Waals surface area contributed by atoms with Crippen LogP contribution in [0.2, 0.25) is 0 Å². The number of hydrogen-bond donors (Lipinski definition) is 2. The second-order valence-electron chi connectivity index (χ2n) is 2.66. The van der Waals surface area contributed by atoms with Crippen molar-refractivity contribution in [3.8, 4) is 0 Å². The highest BCUT2D eigenvalue weighted by atomic mass is 32.2. The maximum absolute atomic E-state index is 10.7. The van der Waals surface area contributed by atoms with Gasteiger partial charge < -0.3 is 5.73 Å². The Balaban J connectivity index is 2.93. The SMILES string of the molecule is Nc1cccc2c(C=O)c(S)sc12. The monoisotopic (exact) mass is 209 g/mol. The second kappa shape index (κ2) is 3.05. The summed E-state index contributed by atoms with van der Waals surface area (Å²) in [6.07, 6.45) is 0.820. The molecule has 0 bridgehead atoms. The van der Waals surface area contributed by atoms with E-state index in [0.29, 0.717) is 11.3 Å². The van der Waals surface area contributed by atoms with Gasteiger partial charge in [-0.15, -0.1) is 24.0 Å². The van der Waals surface area contributed by atoms with E-state index in [2.05, 4.69) is 12.6 Å². The number of carbonyl (C=O) groups excluding carboxylic acids is 1. The Labute approximate surface area is 84.8 Å². The number of thiol groups is 1. The third-order valence-corrected chi connectivity index (χ3v) is 3.47. The summed E-state index contributed by atoms with van der Waals surface area (Å²) >= 11 is 5.65. The van der Waals surface area contributed by atoms with Gasteiger partial charge in [-0.05, 0) is 6.07 Å². The first-order valence-corrected chi connectivity index (χ1v) is 4.95. The van der Waals surface area contributed by atoms with E-state index in [9.17, 15) is 4.79 Å². The Morgan fingerprint density at radius 1 is 1.46 bits per heavy atom. The highest BCUT2D eigenvalue weighted by molar-refractivity contribution is 7.83. The van der Waals surface area contributed by atoms with Crippen LogP contribution in [-0.4, -0.2) is 6.29 Å². The molecule has 0 atom stereocenters. The lowest BCUT2D eigenvalue weighted by Crippen LogP contribution is -1.83. The lowest BCUT2D eigenvalue weighted by atomic mass is 10.2. The number of thiophene rings is 1. The fraction of sp³-hybridized carbons (Fsp3) is 0. The van der Waals surface area contributed by atoms with Crippen molar-refractivity contribution in [2.24, 2.45) is 0 Å². The first-order chi connectivity index (χ1) is 6.24. The Morgan fingerprint density at radius 3 is 2.92 bits per heavy atom. The topological polar surface area (TPSA) is 43.1 Å². The van der Waals surface area contributed by atoms with Gasteiger partial charge in [-0.2, -0.15) is 0 Å². The molecule has 0 aliphatic rings. The number of fused-ring (bicyclic) bond motifs is 1. The third kappa shape index (κ3) is 1.22. The molecule has 0 amide bonds. The quantitative estimate of drug-likeness (QED) is 0.430. The minimum atomic E-state index is 0.635. The summed E-state index contributed by atoms with van der Waals surface area (Å²) in [6.45, 7) is 0. The molecule has 1 heterocycles. The molecule has 1 aromatic carbocycles. The highest BCUT2D eigenvalue weighted by Gasteiger charge is 2.09. The van der Waals surface area contributed by atoms with E-state index in [1.807, 2.05) is 18.2 Å². The number of aldehydes is 1. The zero-order valence-corrected chi connectivity index (χ0v) is 8.36. The predicted molar refractivity (Wildman–Crippen MR) is 58.9 cm³/mol. The molecular formula is C9H7NOS2. The molecule has 0 spiro atoms. The van der Waals surface area contributed by atoms with Gasteiger partial charge in [-0.25, -0.2) is 0 Å². The smallest absolute Gasteiger partial charge is 0.152 e. The number of nitrogen functional groups attached to an aromatic ring is 1. The molecule has 0 aliphatic heterocycles. The van der Waals surface area contributed by atoms with Crippen LogP contribution in [0.25, 0.3) is 10.1 Å². The Hall–Kier alpha value is -1.000. The summed E-state index contributed by atoms with van der Waals surface area (Å²) < 4.78 is 1.66. The number of nitrogens with two attached hydrogens (primary N) is 1. The van der Waals surface area contributed by atoms with Gasteiger partial charge in [0.25, 0.3) is 0 Å².